The second-order valence-electron chi connectivity index (χ2n) is 9.58. The van der Waals surface area contributed by atoms with Gasteiger partial charge >= 0.3 is 0 Å². The first kappa shape index (κ1) is 25.7. The maximum absolute atomic E-state index is 12.7. The van der Waals surface area contributed by atoms with Gasteiger partial charge in [0.15, 0.2) is 5.17 Å². The molecule has 3 aromatic carbocycles. The Balaban J connectivity index is 1.19. The van der Waals surface area contributed by atoms with Gasteiger partial charge in [0, 0.05) is 19.2 Å². The molecule has 0 atom stereocenters. The lowest BCUT2D eigenvalue weighted by Gasteiger charge is -2.22. The standard InChI is InChI=1S/C30H29N3O4S/c1-32-29(34)28(38-30(32)31-25-13-15-26(16-14-25)33(35)36)19-21-9-17-27(18-10-21)37-20-22-7-11-24(12-8-22)23-5-3-2-4-6-23/h7-19,23H,2-6,20H2,1H3/b28-19-,31-30?. The van der Waals surface area contributed by atoms with Crippen LogP contribution in [-0.2, 0) is 11.4 Å². The molecule has 0 unspecified atom stereocenters. The predicted molar refractivity (Wildman–Crippen MR) is 152 cm³/mol. The molecule has 2 fully saturated rings. The number of nitro groups is 1. The van der Waals surface area contributed by atoms with Crippen molar-refractivity contribution in [3.8, 4) is 5.75 Å². The number of amides is 1. The van der Waals surface area contributed by atoms with Crippen molar-refractivity contribution in [1.82, 2.24) is 4.90 Å². The summed E-state index contributed by atoms with van der Waals surface area (Å²) in [5, 5.41) is 11.4. The number of nitro benzene ring substituents is 1. The van der Waals surface area contributed by atoms with Gasteiger partial charge in [-0.05, 0) is 77.6 Å². The molecule has 8 heteroatoms. The molecule has 0 bridgehead atoms. The van der Waals surface area contributed by atoms with Crippen LogP contribution in [0.5, 0.6) is 5.75 Å². The maximum atomic E-state index is 12.7. The van der Waals surface area contributed by atoms with Crippen LogP contribution in [0, 0.1) is 10.1 Å². The number of non-ortho nitro benzene ring substituents is 1. The Morgan fingerprint density at radius 3 is 2.34 bits per heavy atom. The molecule has 0 radical (unpaired) electrons. The highest BCUT2D eigenvalue weighted by atomic mass is 32.2. The highest BCUT2D eigenvalue weighted by Crippen LogP contribution is 2.34. The number of aliphatic imine (C=N–C) groups is 1. The Labute approximate surface area is 226 Å². The first-order chi connectivity index (χ1) is 18.5. The number of carbonyl (C=O) groups excluding carboxylic acids is 1. The number of amidine groups is 1. The third kappa shape index (κ3) is 6.14. The minimum absolute atomic E-state index is 0.00182. The smallest absolute Gasteiger partial charge is 0.269 e. The lowest BCUT2D eigenvalue weighted by Crippen LogP contribution is -2.23. The Kier molecular flexibility index (Phi) is 7.89. The average Bonchev–Trinajstić information content (AvgIpc) is 3.21. The minimum atomic E-state index is -0.455. The summed E-state index contributed by atoms with van der Waals surface area (Å²) in [7, 11) is 1.67. The number of thioether (sulfide) groups is 1. The number of hydrogen-bond acceptors (Lipinski definition) is 6. The fourth-order valence-electron chi connectivity index (χ4n) is 4.71. The molecular weight excluding hydrogens is 498 g/mol. The number of nitrogens with zero attached hydrogens (tertiary/aromatic N) is 3. The van der Waals surface area contributed by atoms with Crippen LogP contribution in [0.15, 0.2) is 82.7 Å². The van der Waals surface area contributed by atoms with Crippen molar-refractivity contribution < 1.29 is 14.5 Å². The van der Waals surface area contributed by atoms with Crippen molar-refractivity contribution in [3.63, 3.8) is 0 Å². The first-order valence-corrected chi connectivity index (χ1v) is 13.6. The van der Waals surface area contributed by atoms with E-state index in [1.54, 1.807) is 19.2 Å². The molecule has 1 amide bonds. The molecule has 1 heterocycles. The van der Waals surface area contributed by atoms with Crippen LogP contribution in [0.25, 0.3) is 6.08 Å². The van der Waals surface area contributed by atoms with Gasteiger partial charge in [-0.15, -0.1) is 0 Å². The monoisotopic (exact) mass is 527 g/mol. The van der Waals surface area contributed by atoms with Gasteiger partial charge in [-0.2, -0.15) is 0 Å². The van der Waals surface area contributed by atoms with E-state index in [1.807, 2.05) is 30.3 Å². The summed E-state index contributed by atoms with van der Waals surface area (Å²) in [6, 6.07) is 22.4. The predicted octanol–water partition coefficient (Wildman–Crippen LogP) is 7.46. The second kappa shape index (κ2) is 11.6. The molecule has 2 aliphatic rings. The van der Waals surface area contributed by atoms with Crippen LogP contribution in [0.4, 0.5) is 11.4 Å². The number of likely N-dealkylation sites (N-methyl/N-ethyl adjacent to an activating group) is 1. The second-order valence-corrected chi connectivity index (χ2v) is 10.6. The molecular formula is C30H29N3O4S. The number of rotatable bonds is 7. The zero-order valence-electron chi connectivity index (χ0n) is 21.2. The molecule has 5 rings (SSSR count). The van der Waals surface area contributed by atoms with Crippen molar-refractivity contribution in [2.75, 3.05) is 7.05 Å². The van der Waals surface area contributed by atoms with Crippen LogP contribution < -0.4 is 4.74 Å². The molecule has 1 aliphatic carbocycles. The SMILES string of the molecule is CN1C(=O)/C(=C/c2ccc(OCc3ccc(C4CCCCC4)cc3)cc2)SC1=Nc1ccc([N+](=O)[O-])cc1. The number of hydrogen-bond donors (Lipinski definition) is 0. The average molecular weight is 528 g/mol. The van der Waals surface area contributed by atoms with E-state index >= 15 is 0 Å². The molecule has 0 N–H and O–H groups in total. The van der Waals surface area contributed by atoms with Crippen LogP contribution in [0.3, 0.4) is 0 Å². The summed E-state index contributed by atoms with van der Waals surface area (Å²) >= 11 is 1.27. The fourth-order valence-corrected chi connectivity index (χ4v) is 5.70. The van der Waals surface area contributed by atoms with E-state index in [9.17, 15) is 14.9 Å². The van der Waals surface area contributed by atoms with Crippen LogP contribution in [-0.4, -0.2) is 27.9 Å². The highest BCUT2D eigenvalue weighted by molar-refractivity contribution is 8.18. The fraction of sp³-hybridized carbons (Fsp3) is 0.267. The van der Waals surface area contributed by atoms with Gasteiger partial charge in [0.05, 0.1) is 15.5 Å². The summed E-state index contributed by atoms with van der Waals surface area (Å²) in [5.74, 6) is 1.33. The van der Waals surface area contributed by atoms with Gasteiger partial charge in [-0.3, -0.25) is 19.8 Å². The molecule has 1 saturated heterocycles. The maximum Gasteiger partial charge on any atom is 0.269 e. The minimum Gasteiger partial charge on any atom is -0.489 e. The molecule has 194 valence electrons. The van der Waals surface area contributed by atoms with Crippen molar-refractivity contribution in [2.45, 2.75) is 44.6 Å². The Bertz CT molecular complexity index is 1360. The molecule has 38 heavy (non-hydrogen) atoms. The van der Waals surface area contributed by atoms with Gasteiger partial charge in [0.25, 0.3) is 11.6 Å². The Morgan fingerprint density at radius 2 is 1.68 bits per heavy atom. The molecule has 0 spiro atoms. The van der Waals surface area contributed by atoms with Crippen molar-refractivity contribution in [3.05, 3.63) is 105 Å². The van der Waals surface area contributed by atoms with Crippen molar-refractivity contribution in [1.29, 1.82) is 0 Å². The largest absolute Gasteiger partial charge is 0.489 e. The topological polar surface area (TPSA) is 85.0 Å². The lowest BCUT2D eigenvalue weighted by atomic mass is 9.84. The zero-order chi connectivity index (χ0) is 26.5. The zero-order valence-corrected chi connectivity index (χ0v) is 22.0. The van der Waals surface area contributed by atoms with E-state index in [0.29, 0.717) is 28.3 Å². The van der Waals surface area contributed by atoms with Crippen LogP contribution in [0.1, 0.15) is 54.7 Å². The van der Waals surface area contributed by atoms with E-state index < -0.39 is 4.92 Å². The van der Waals surface area contributed by atoms with E-state index in [2.05, 4.69) is 29.3 Å². The van der Waals surface area contributed by atoms with Gasteiger partial charge in [-0.1, -0.05) is 55.7 Å². The summed E-state index contributed by atoms with van der Waals surface area (Å²) < 4.78 is 5.98. The van der Waals surface area contributed by atoms with Gasteiger partial charge in [0.1, 0.15) is 12.4 Å². The van der Waals surface area contributed by atoms with E-state index in [1.165, 1.54) is 66.5 Å². The molecule has 1 saturated carbocycles. The molecule has 7 nitrogen and oxygen atoms in total. The van der Waals surface area contributed by atoms with Crippen molar-refractivity contribution in [2.24, 2.45) is 4.99 Å². The first-order valence-electron chi connectivity index (χ1n) is 12.8. The summed E-state index contributed by atoms with van der Waals surface area (Å²) in [6.07, 6.45) is 8.46. The third-order valence-electron chi connectivity index (χ3n) is 6.93. The van der Waals surface area contributed by atoms with Gasteiger partial charge < -0.3 is 4.74 Å². The molecule has 0 aromatic heterocycles. The van der Waals surface area contributed by atoms with Crippen LogP contribution >= 0.6 is 11.8 Å². The number of benzene rings is 3. The Hall–Kier alpha value is -3.91. The van der Waals surface area contributed by atoms with E-state index in [0.717, 1.165) is 16.9 Å². The molecule has 3 aromatic rings. The van der Waals surface area contributed by atoms with E-state index in [-0.39, 0.29) is 11.6 Å². The van der Waals surface area contributed by atoms with Crippen molar-refractivity contribution >= 4 is 40.3 Å². The number of ether oxygens (including phenoxy) is 1. The van der Waals surface area contributed by atoms with E-state index in [4.69, 9.17) is 4.74 Å². The quantitative estimate of drug-likeness (QED) is 0.181. The van der Waals surface area contributed by atoms with Gasteiger partial charge in [0.2, 0.25) is 0 Å². The highest BCUT2D eigenvalue weighted by Gasteiger charge is 2.30. The summed E-state index contributed by atoms with van der Waals surface area (Å²) in [4.78, 5) is 29.7. The molecule has 1 aliphatic heterocycles. The number of carbonyl (C=O) groups is 1. The summed E-state index contributed by atoms with van der Waals surface area (Å²) in [6.45, 7) is 0.507. The van der Waals surface area contributed by atoms with Gasteiger partial charge in [-0.25, -0.2) is 4.99 Å². The Morgan fingerprint density at radius 1 is 1.00 bits per heavy atom. The van der Waals surface area contributed by atoms with Crippen LogP contribution in [0.2, 0.25) is 0 Å². The normalized spacial score (nSPS) is 18.3. The lowest BCUT2D eigenvalue weighted by molar-refractivity contribution is -0.384. The third-order valence-corrected chi connectivity index (χ3v) is 7.99. The summed E-state index contributed by atoms with van der Waals surface area (Å²) in [5.41, 5.74) is 4.01.